The number of hydrogen-bond donors (Lipinski definition) is 1. The number of aryl methyl sites for hydroxylation is 1. The SMILES string of the molecule is Cc1ccc2sc(C(=O)N3CCOC(C)(C)C3)c(N)c2c1. The molecule has 4 nitrogen and oxygen atoms in total. The Bertz CT molecular complexity index is 706. The Labute approximate surface area is 128 Å². The summed E-state index contributed by atoms with van der Waals surface area (Å²) in [5.74, 6) is 0.0164. The van der Waals surface area contributed by atoms with E-state index in [2.05, 4.69) is 0 Å². The number of nitrogen functional groups attached to an aromatic ring is 1. The van der Waals surface area contributed by atoms with Crippen LogP contribution in [0.25, 0.3) is 10.1 Å². The van der Waals surface area contributed by atoms with Crippen LogP contribution < -0.4 is 5.73 Å². The van der Waals surface area contributed by atoms with Gasteiger partial charge in [0.2, 0.25) is 0 Å². The van der Waals surface area contributed by atoms with Crippen LogP contribution >= 0.6 is 11.3 Å². The van der Waals surface area contributed by atoms with Gasteiger partial charge in [0.25, 0.3) is 5.91 Å². The Morgan fingerprint density at radius 3 is 2.90 bits per heavy atom. The number of benzene rings is 1. The lowest BCUT2D eigenvalue weighted by atomic mass is 10.1. The number of hydrogen-bond acceptors (Lipinski definition) is 4. The summed E-state index contributed by atoms with van der Waals surface area (Å²) in [4.78, 5) is 15.3. The van der Waals surface area contributed by atoms with Crippen LogP contribution in [0.1, 0.15) is 29.1 Å². The second-order valence-corrected chi connectivity index (χ2v) is 7.23. The summed E-state index contributed by atoms with van der Waals surface area (Å²) in [5.41, 5.74) is 7.68. The van der Waals surface area contributed by atoms with Crippen LogP contribution in [0.4, 0.5) is 5.69 Å². The standard InChI is InChI=1S/C16H20N2O2S/c1-10-4-5-12-11(8-10)13(17)14(21-12)15(19)18-6-7-20-16(2,3)9-18/h4-5,8H,6-7,9,17H2,1-3H3. The van der Waals surface area contributed by atoms with E-state index >= 15 is 0 Å². The minimum Gasteiger partial charge on any atom is -0.397 e. The molecule has 1 amide bonds. The second-order valence-electron chi connectivity index (χ2n) is 6.18. The monoisotopic (exact) mass is 304 g/mol. The van der Waals surface area contributed by atoms with Gasteiger partial charge in [0.1, 0.15) is 4.88 Å². The van der Waals surface area contributed by atoms with Gasteiger partial charge in [0, 0.05) is 23.2 Å². The number of thiophene rings is 1. The summed E-state index contributed by atoms with van der Waals surface area (Å²) < 4.78 is 6.73. The molecular formula is C16H20N2O2S. The highest BCUT2D eigenvalue weighted by atomic mass is 32.1. The maximum atomic E-state index is 12.8. The Kier molecular flexibility index (Phi) is 3.42. The van der Waals surface area contributed by atoms with E-state index in [0.717, 1.165) is 15.6 Å². The van der Waals surface area contributed by atoms with Crippen molar-refractivity contribution < 1.29 is 9.53 Å². The average molecular weight is 304 g/mol. The van der Waals surface area contributed by atoms with E-state index in [0.29, 0.717) is 30.3 Å². The second kappa shape index (κ2) is 5.00. The molecule has 2 heterocycles. The van der Waals surface area contributed by atoms with E-state index in [1.165, 1.54) is 11.3 Å². The smallest absolute Gasteiger partial charge is 0.266 e. The van der Waals surface area contributed by atoms with E-state index in [4.69, 9.17) is 10.5 Å². The Balaban J connectivity index is 1.96. The first-order chi connectivity index (χ1) is 9.87. The lowest BCUT2D eigenvalue weighted by Crippen LogP contribution is -2.50. The molecule has 3 rings (SSSR count). The highest BCUT2D eigenvalue weighted by molar-refractivity contribution is 7.21. The summed E-state index contributed by atoms with van der Waals surface area (Å²) in [6.07, 6.45) is 0. The Hall–Kier alpha value is -1.59. The third-order valence-corrected chi connectivity index (χ3v) is 4.96. The van der Waals surface area contributed by atoms with Gasteiger partial charge in [0.15, 0.2) is 0 Å². The molecule has 1 aromatic heterocycles. The third kappa shape index (κ3) is 2.63. The predicted octanol–water partition coefficient (Wildman–Crippen LogP) is 3.04. The van der Waals surface area contributed by atoms with Crippen molar-refractivity contribution in [1.29, 1.82) is 0 Å². The van der Waals surface area contributed by atoms with E-state index < -0.39 is 0 Å². The molecule has 0 bridgehead atoms. The zero-order valence-electron chi connectivity index (χ0n) is 12.6. The molecule has 0 aliphatic carbocycles. The van der Waals surface area contributed by atoms with E-state index in [9.17, 15) is 4.79 Å². The maximum Gasteiger partial charge on any atom is 0.266 e. The van der Waals surface area contributed by atoms with Crippen molar-refractivity contribution in [3.05, 3.63) is 28.6 Å². The minimum absolute atomic E-state index is 0.0164. The van der Waals surface area contributed by atoms with Gasteiger partial charge in [-0.2, -0.15) is 0 Å². The van der Waals surface area contributed by atoms with Crippen molar-refractivity contribution >= 4 is 33.0 Å². The molecule has 0 radical (unpaired) electrons. The van der Waals surface area contributed by atoms with Crippen LogP contribution in [-0.4, -0.2) is 36.1 Å². The summed E-state index contributed by atoms with van der Waals surface area (Å²) in [5, 5.41) is 0.982. The molecule has 2 aromatic rings. The van der Waals surface area contributed by atoms with Crippen molar-refractivity contribution in [3.63, 3.8) is 0 Å². The first-order valence-electron chi connectivity index (χ1n) is 7.09. The molecule has 0 atom stereocenters. The van der Waals surface area contributed by atoms with Gasteiger partial charge in [-0.25, -0.2) is 0 Å². The highest BCUT2D eigenvalue weighted by Crippen LogP contribution is 2.35. The molecule has 1 fully saturated rings. The van der Waals surface area contributed by atoms with Gasteiger partial charge in [-0.3, -0.25) is 4.79 Å². The summed E-state index contributed by atoms with van der Waals surface area (Å²) >= 11 is 1.48. The number of carbonyl (C=O) groups excluding carboxylic acids is 1. The zero-order chi connectivity index (χ0) is 15.2. The van der Waals surface area contributed by atoms with Crippen molar-refractivity contribution in [1.82, 2.24) is 4.90 Å². The van der Waals surface area contributed by atoms with Crippen LogP contribution in [0.5, 0.6) is 0 Å². The first-order valence-corrected chi connectivity index (χ1v) is 7.91. The molecule has 1 aliphatic rings. The molecule has 5 heteroatoms. The number of fused-ring (bicyclic) bond motifs is 1. The summed E-state index contributed by atoms with van der Waals surface area (Å²) in [6.45, 7) is 7.83. The first kappa shape index (κ1) is 14.4. The predicted molar refractivity (Wildman–Crippen MR) is 86.9 cm³/mol. The third-order valence-electron chi connectivity index (χ3n) is 3.79. The molecule has 21 heavy (non-hydrogen) atoms. The highest BCUT2D eigenvalue weighted by Gasteiger charge is 2.32. The van der Waals surface area contributed by atoms with Crippen LogP contribution in [0.2, 0.25) is 0 Å². The molecule has 1 aliphatic heterocycles. The number of amides is 1. The van der Waals surface area contributed by atoms with Crippen LogP contribution in [0.15, 0.2) is 18.2 Å². The molecule has 2 N–H and O–H groups in total. The normalized spacial score (nSPS) is 18.1. The van der Waals surface area contributed by atoms with E-state index in [1.54, 1.807) is 0 Å². The van der Waals surface area contributed by atoms with Crippen LogP contribution in [-0.2, 0) is 4.74 Å². The topological polar surface area (TPSA) is 55.6 Å². The summed E-state index contributed by atoms with van der Waals surface area (Å²) in [7, 11) is 0. The zero-order valence-corrected chi connectivity index (χ0v) is 13.4. The molecule has 0 unspecified atom stereocenters. The largest absolute Gasteiger partial charge is 0.397 e. The quantitative estimate of drug-likeness (QED) is 0.881. The fourth-order valence-corrected chi connectivity index (χ4v) is 3.79. The van der Waals surface area contributed by atoms with Gasteiger partial charge >= 0.3 is 0 Å². The average Bonchev–Trinajstić information content (AvgIpc) is 2.74. The lowest BCUT2D eigenvalue weighted by Gasteiger charge is -2.38. The number of carbonyl (C=O) groups is 1. The van der Waals surface area contributed by atoms with Crippen molar-refractivity contribution in [3.8, 4) is 0 Å². The number of anilines is 1. The van der Waals surface area contributed by atoms with Crippen molar-refractivity contribution in [2.45, 2.75) is 26.4 Å². The van der Waals surface area contributed by atoms with Gasteiger partial charge in [0.05, 0.1) is 17.9 Å². The fourth-order valence-electron chi connectivity index (χ4n) is 2.72. The van der Waals surface area contributed by atoms with Crippen LogP contribution in [0, 0.1) is 6.92 Å². The molecule has 1 saturated heterocycles. The molecule has 1 aromatic carbocycles. The van der Waals surface area contributed by atoms with E-state index in [1.807, 2.05) is 43.9 Å². The van der Waals surface area contributed by atoms with Gasteiger partial charge in [-0.1, -0.05) is 11.6 Å². The lowest BCUT2D eigenvalue weighted by molar-refractivity contribution is -0.0762. The van der Waals surface area contributed by atoms with Gasteiger partial charge in [-0.15, -0.1) is 11.3 Å². The number of ether oxygens (including phenoxy) is 1. The number of nitrogens with two attached hydrogens (primary N) is 1. The number of rotatable bonds is 1. The molecular weight excluding hydrogens is 284 g/mol. The molecule has 0 saturated carbocycles. The number of nitrogens with zero attached hydrogens (tertiary/aromatic N) is 1. The van der Waals surface area contributed by atoms with Crippen LogP contribution in [0.3, 0.4) is 0 Å². The van der Waals surface area contributed by atoms with Gasteiger partial charge in [-0.05, 0) is 32.9 Å². The minimum atomic E-state index is -0.296. The van der Waals surface area contributed by atoms with Crippen molar-refractivity contribution in [2.24, 2.45) is 0 Å². The Morgan fingerprint density at radius 1 is 1.43 bits per heavy atom. The van der Waals surface area contributed by atoms with Gasteiger partial charge < -0.3 is 15.4 Å². The fraction of sp³-hybridized carbons (Fsp3) is 0.438. The van der Waals surface area contributed by atoms with Crippen molar-refractivity contribution in [2.75, 3.05) is 25.4 Å². The molecule has 0 spiro atoms. The number of morpholine rings is 1. The molecule has 112 valence electrons. The maximum absolute atomic E-state index is 12.8. The summed E-state index contributed by atoms with van der Waals surface area (Å²) in [6, 6.07) is 6.12. The van der Waals surface area contributed by atoms with E-state index in [-0.39, 0.29) is 11.5 Å². The Morgan fingerprint density at radius 2 is 2.19 bits per heavy atom.